The molecule has 0 aliphatic heterocycles. The summed E-state index contributed by atoms with van der Waals surface area (Å²) in [5, 5.41) is 6.90. The molecule has 0 aliphatic carbocycles. The lowest BCUT2D eigenvalue weighted by Crippen LogP contribution is -2.32. The number of aryl methyl sites for hydroxylation is 2. The lowest BCUT2D eigenvalue weighted by Gasteiger charge is -2.09. The van der Waals surface area contributed by atoms with Gasteiger partial charge in [0.2, 0.25) is 0 Å². The van der Waals surface area contributed by atoms with Gasteiger partial charge in [0.1, 0.15) is 11.5 Å². The van der Waals surface area contributed by atoms with Crippen molar-refractivity contribution in [3.8, 4) is 5.75 Å². The summed E-state index contributed by atoms with van der Waals surface area (Å²) < 4.78 is 45.2. The molecule has 0 spiro atoms. The zero-order chi connectivity index (χ0) is 19.2. The molecule has 10 heteroatoms. The van der Waals surface area contributed by atoms with E-state index in [1.807, 2.05) is 13.8 Å². The Kier molecular flexibility index (Phi) is 8.86. The van der Waals surface area contributed by atoms with Gasteiger partial charge in [-0.25, -0.2) is 4.99 Å². The Balaban J connectivity index is 0.00000364. The molecule has 2 rings (SSSR count). The number of nitrogens with two attached hydrogens (primary N) is 1. The van der Waals surface area contributed by atoms with Crippen molar-refractivity contribution in [3.05, 3.63) is 46.8 Å². The van der Waals surface area contributed by atoms with Crippen LogP contribution in [0.1, 0.15) is 29.0 Å². The Morgan fingerprint density at radius 1 is 1.26 bits per heavy atom. The predicted octanol–water partition coefficient (Wildman–Crippen LogP) is 3.85. The van der Waals surface area contributed by atoms with E-state index in [2.05, 4.69) is 20.2 Å². The van der Waals surface area contributed by atoms with Crippen molar-refractivity contribution in [2.75, 3.05) is 6.54 Å². The van der Waals surface area contributed by atoms with E-state index in [4.69, 9.17) is 10.3 Å². The van der Waals surface area contributed by atoms with Gasteiger partial charge in [0.25, 0.3) is 0 Å². The van der Waals surface area contributed by atoms with Gasteiger partial charge in [0.05, 0.1) is 12.2 Å². The molecule has 3 N–H and O–H groups in total. The fourth-order valence-corrected chi connectivity index (χ4v) is 2.37. The number of aromatic nitrogens is 1. The van der Waals surface area contributed by atoms with Crippen molar-refractivity contribution in [3.63, 3.8) is 0 Å². The van der Waals surface area contributed by atoms with Crippen molar-refractivity contribution in [2.45, 2.75) is 39.6 Å². The minimum absolute atomic E-state index is 0. The molecule has 1 heterocycles. The molecular weight excluding hydrogens is 476 g/mol. The van der Waals surface area contributed by atoms with Crippen LogP contribution in [-0.2, 0) is 13.0 Å². The Labute approximate surface area is 172 Å². The summed E-state index contributed by atoms with van der Waals surface area (Å²) in [6.45, 7) is 4.68. The number of nitrogens with one attached hydrogen (secondary N) is 1. The average Bonchev–Trinajstić information content (AvgIpc) is 2.88. The number of hydrogen-bond acceptors (Lipinski definition) is 4. The smallest absolute Gasteiger partial charge is 0.406 e. The zero-order valence-corrected chi connectivity index (χ0v) is 17.3. The fourth-order valence-electron chi connectivity index (χ4n) is 2.37. The molecule has 6 nitrogen and oxygen atoms in total. The van der Waals surface area contributed by atoms with Crippen LogP contribution in [0.25, 0.3) is 0 Å². The highest BCUT2D eigenvalue weighted by Gasteiger charge is 2.30. The van der Waals surface area contributed by atoms with Crippen LogP contribution in [0.2, 0.25) is 0 Å². The van der Waals surface area contributed by atoms with E-state index in [0.29, 0.717) is 6.54 Å². The van der Waals surface area contributed by atoms with Crippen LogP contribution in [0.15, 0.2) is 33.8 Å². The quantitative estimate of drug-likeness (QED) is 0.262. The summed E-state index contributed by atoms with van der Waals surface area (Å²) in [6, 6.07) is 5.50. The molecule has 0 saturated heterocycles. The molecule has 27 heavy (non-hydrogen) atoms. The normalized spacial score (nSPS) is 11.8. The van der Waals surface area contributed by atoms with Crippen LogP contribution in [-0.4, -0.2) is 24.0 Å². The highest BCUT2D eigenvalue weighted by molar-refractivity contribution is 14.0. The van der Waals surface area contributed by atoms with Crippen molar-refractivity contribution in [1.82, 2.24) is 10.5 Å². The second-order valence-electron chi connectivity index (χ2n) is 5.73. The van der Waals surface area contributed by atoms with Gasteiger partial charge in [0.15, 0.2) is 5.96 Å². The topological polar surface area (TPSA) is 85.7 Å². The molecule has 150 valence electrons. The van der Waals surface area contributed by atoms with Crippen LogP contribution in [0, 0.1) is 13.8 Å². The van der Waals surface area contributed by atoms with Crippen LogP contribution < -0.4 is 15.8 Å². The molecule has 1 aromatic carbocycles. The van der Waals surface area contributed by atoms with Gasteiger partial charge in [0, 0.05) is 12.1 Å². The number of alkyl halides is 3. The van der Waals surface area contributed by atoms with Crippen molar-refractivity contribution in [1.29, 1.82) is 0 Å². The molecule has 0 aliphatic rings. The summed E-state index contributed by atoms with van der Waals surface area (Å²) in [4.78, 5) is 4.16. The second kappa shape index (κ2) is 10.4. The Morgan fingerprint density at radius 2 is 1.93 bits per heavy atom. The highest BCUT2D eigenvalue weighted by atomic mass is 127. The molecule has 0 bridgehead atoms. The molecule has 1 aromatic heterocycles. The molecule has 0 unspecified atom stereocenters. The molecule has 0 amide bonds. The van der Waals surface area contributed by atoms with Gasteiger partial charge in [-0.2, -0.15) is 0 Å². The van der Waals surface area contributed by atoms with Gasteiger partial charge in [-0.3, -0.25) is 0 Å². The standard InChI is InChI=1S/C17H21F3N4O2.HI/c1-11-15(12(2)26-24-11)4-3-9-22-16(21)23-10-13-5-7-14(8-6-13)25-17(18,19)20;/h5-8H,3-4,9-10H2,1-2H3,(H3,21,22,23);1H. The van der Waals surface area contributed by atoms with Crippen LogP contribution in [0.5, 0.6) is 5.75 Å². The molecule has 0 atom stereocenters. The van der Waals surface area contributed by atoms with Crippen LogP contribution in [0.4, 0.5) is 13.2 Å². The summed E-state index contributed by atoms with van der Waals surface area (Å²) in [7, 11) is 0. The first-order chi connectivity index (χ1) is 12.2. The number of ether oxygens (including phenoxy) is 1. The van der Waals surface area contributed by atoms with Crippen LogP contribution in [0.3, 0.4) is 0 Å². The van der Waals surface area contributed by atoms with Gasteiger partial charge in [-0.05, 0) is 44.4 Å². The third-order valence-electron chi connectivity index (χ3n) is 3.68. The van der Waals surface area contributed by atoms with E-state index in [1.54, 1.807) is 0 Å². The highest BCUT2D eigenvalue weighted by Crippen LogP contribution is 2.22. The number of rotatable bonds is 7. The van der Waals surface area contributed by atoms with Crippen LogP contribution >= 0.6 is 24.0 Å². The van der Waals surface area contributed by atoms with E-state index in [1.165, 1.54) is 24.3 Å². The zero-order valence-electron chi connectivity index (χ0n) is 15.0. The summed E-state index contributed by atoms with van der Waals surface area (Å²) in [6.07, 6.45) is -3.04. The Bertz CT molecular complexity index is 726. The summed E-state index contributed by atoms with van der Waals surface area (Å²) in [5.74, 6) is 0.831. The number of guanidine groups is 1. The van der Waals surface area contributed by atoms with Crippen molar-refractivity contribution >= 4 is 29.9 Å². The summed E-state index contributed by atoms with van der Waals surface area (Å²) in [5.41, 5.74) is 8.50. The maximum atomic E-state index is 12.1. The SMILES string of the molecule is Cc1noc(C)c1CCCNC(N)=NCc1ccc(OC(F)(F)F)cc1.I. The second-order valence-corrected chi connectivity index (χ2v) is 5.73. The van der Waals surface area contributed by atoms with Gasteiger partial charge >= 0.3 is 6.36 Å². The lowest BCUT2D eigenvalue weighted by atomic mass is 10.1. The number of aliphatic imine (C=N–C) groups is 1. The van der Waals surface area contributed by atoms with Gasteiger partial charge < -0.3 is 20.3 Å². The maximum Gasteiger partial charge on any atom is 0.573 e. The third kappa shape index (κ3) is 8.06. The predicted molar refractivity (Wildman–Crippen MR) is 106 cm³/mol. The number of benzene rings is 1. The van der Waals surface area contributed by atoms with E-state index < -0.39 is 6.36 Å². The largest absolute Gasteiger partial charge is 0.573 e. The van der Waals surface area contributed by atoms with E-state index in [0.717, 1.165) is 35.4 Å². The van der Waals surface area contributed by atoms with Gasteiger partial charge in [-0.15, -0.1) is 37.1 Å². The minimum Gasteiger partial charge on any atom is -0.406 e. The molecule has 2 aromatic rings. The van der Waals surface area contributed by atoms with E-state index in [9.17, 15) is 13.2 Å². The average molecular weight is 498 g/mol. The molecule has 0 saturated carbocycles. The monoisotopic (exact) mass is 498 g/mol. The van der Waals surface area contributed by atoms with E-state index in [-0.39, 0.29) is 42.2 Å². The first-order valence-corrected chi connectivity index (χ1v) is 8.05. The first-order valence-electron chi connectivity index (χ1n) is 8.05. The number of halogens is 4. The first kappa shape index (κ1) is 23.1. The fraction of sp³-hybridized carbons (Fsp3) is 0.412. The molecular formula is C17H22F3IN4O2. The van der Waals surface area contributed by atoms with Crippen molar-refractivity contribution < 1.29 is 22.4 Å². The maximum absolute atomic E-state index is 12.1. The Morgan fingerprint density at radius 3 is 2.48 bits per heavy atom. The lowest BCUT2D eigenvalue weighted by molar-refractivity contribution is -0.274. The van der Waals surface area contributed by atoms with Crippen molar-refractivity contribution in [2.24, 2.45) is 10.7 Å². The third-order valence-corrected chi connectivity index (χ3v) is 3.68. The Hall–Kier alpha value is -1.98. The van der Waals surface area contributed by atoms with Gasteiger partial charge in [-0.1, -0.05) is 17.3 Å². The number of nitrogens with zero attached hydrogens (tertiary/aromatic N) is 2. The minimum atomic E-state index is -4.70. The molecule has 0 fully saturated rings. The number of hydrogen-bond donors (Lipinski definition) is 2. The van der Waals surface area contributed by atoms with E-state index >= 15 is 0 Å². The molecule has 0 radical (unpaired) electrons. The summed E-state index contributed by atoms with van der Waals surface area (Å²) >= 11 is 0.